The lowest BCUT2D eigenvalue weighted by atomic mass is 9.76. The van der Waals surface area contributed by atoms with Crippen LogP contribution in [0.5, 0.6) is 0 Å². The van der Waals surface area contributed by atoms with Crippen molar-refractivity contribution in [3.8, 4) is 0 Å². The zero-order valence-electron chi connectivity index (χ0n) is 8.88. The number of likely N-dealkylation sites (tertiary alicyclic amines) is 1. The molecule has 76 valence electrons. The van der Waals surface area contributed by atoms with Gasteiger partial charge in [0.2, 0.25) is 0 Å². The fraction of sp³-hybridized carbons (Fsp3) is 1.00. The molecule has 13 heavy (non-hydrogen) atoms. The molecule has 1 spiro atoms. The Morgan fingerprint density at radius 1 is 1.31 bits per heavy atom. The van der Waals surface area contributed by atoms with E-state index in [0.29, 0.717) is 5.41 Å². The molecule has 0 radical (unpaired) electrons. The number of hydrogen-bond donors (Lipinski definition) is 0. The molecule has 2 fully saturated rings. The Bertz CT molecular complexity index is 169. The second kappa shape index (κ2) is 3.58. The summed E-state index contributed by atoms with van der Waals surface area (Å²) in [5.74, 6) is 0. The molecule has 2 rings (SSSR count). The van der Waals surface area contributed by atoms with Crippen LogP contribution in [-0.2, 0) is 4.74 Å². The second-order valence-electron chi connectivity index (χ2n) is 4.75. The van der Waals surface area contributed by atoms with E-state index >= 15 is 0 Å². The maximum atomic E-state index is 5.28. The van der Waals surface area contributed by atoms with Crippen molar-refractivity contribution >= 4 is 0 Å². The Labute approximate surface area is 81.3 Å². The molecule has 0 aromatic carbocycles. The average Bonchev–Trinajstić information content (AvgIpc) is 1.97. The zero-order chi connectivity index (χ0) is 9.31. The van der Waals surface area contributed by atoms with Crippen LogP contribution in [0.3, 0.4) is 0 Å². The van der Waals surface area contributed by atoms with Crippen molar-refractivity contribution in [2.45, 2.75) is 39.2 Å². The van der Waals surface area contributed by atoms with Crippen molar-refractivity contribution in [1.29, 1.82) is 0 Å². The Kier molecular flexibility index (Phi) is 2.61. The van der Waals surface area contributed by atoms with E-state index in [4.69, 9.17) is 4.74 Å². The largest absolute Gasteiger partial charge is 0.380 e. The lowest BCUT2D eigenvalue weighted by molar-refractivity contribution is -0.199. The molecule has 2 saturated heterocycles. The Morgan fingerprint density at radius 2 is 2.00 bits per heavy atom. The van der Waals surface area contributed by atoms with Crippen LogP contribution in [-0.4, -0.2) is 37.2 Å². The molecule has 0 aromatic heterocycles. The standard InChI is InChI=1S/C11H21NO/c1-3-5-10(4-2)12-6-11(7-12)8-13-9-11/h10H,3-9H2,1-2H3. The third kappa shape index (κ3) is 1.62. The fourth-order valence-electron chi connectivity index (χ4n) is 2.62. The molecule has 0 aliphatic carbocycles. The van der Waals surface area contributed by atoms with Gasteiger partial charge in [0.15, 0.2) is 0 Å². The van der Waals surface area contributed by atoms with E-state index in [0.717, 1.165) is 19.3 Å². The lowest BCUT2D eigenvalue weighted by Crippen LogP contribution is -2.67. The SMILES string of the molecule is CCCC(CC)N1CC2(COC2)C1. The molecular weight excluding hydrogens is 162 g/mol. The molecule has 1 unspecified atom stereocenters. The molecule has 0 saturated carbocycles. The highest BCUT2D eigenvalue weighted by Gasteiger charge is 2.50. The minimum atomic E-state index is 0.598. The highest BCUT2D eigenvalue weighted by Crippen LogP contribution is 2.39. The Hall–Kier alpha value is -0.0800. The van der Waals surface area contributed by atoms with E-state index in [-0.39, 0.29) is 0 Å². The van der Waals surface area contributed by atoms with Crippen molar-refractivity contribution < 1.29 is 4.74 Å². The summed E-state index contributed by atoms with van der Waals surface area (Å²) in [4.78, 5) is 2.64. The smallest absolute Gasteiger partial charge is 0.0569 e. The molecule has 0 aromatic rings. The first-order valence-electron chi connectivity index (χ1n) is 5.61. The predicted octanol–water partition coefficient (Wildman–Crippen LogP) is 1.90. The summed E-state index contributed by atoms with van der Waals surface area (Å²) >= 11 is 0. The van der Waals surface area contributed by atoms with Gasteiger partial charge in [-0.05, 0) is 12.8 Å². The first kappa shape index (κ1) is 9.47. The molecule has 0 N–H and O–H groups in total. The van der Waals surface area contributed by atoms with Gasteiger partial charge >= 0.3 is 0 Å². The lowest BCUT2D eigenvalue weighted by Gasteiger charge is -2.57. The summed E-state index contributed by atoms with van der Waals surface area (Å²) in [6.45, 7) is 9.22. The summed E-state index contributed by atoms with van der Waals surface area (Å²) in [6, 6.07) is 0.844. The van der Waals surface area contributed by atoms with Gasteiger partial charge in [-0.1, -0.05) is 20.3 Å². The Balaban J connectivity index is 1.76. The van der Waals surface area contributed by atoms with E-state index in [1.54, 1.807) is 0 Å². The van der Waals surface area contributed by atoms with Gasteiger partial charge in [0.25, 0.3) is 0 Å². The van der Waals surface area contributed by atoms with Gasteiger partial charge in [-0.3, -0.25) is 4.90 Å². The number of rotatable bonds is 4. The topological polar surface area (TPSA) is 12.5 Å². The van der Waals surface area contributed by atoms with E-state index < -0.39 is 0 Å². The molecular formula is C11H21NO. The van der Waals surface area contributed by atoms with Crippen molar-refractivity contribution in [3.05, 3.63) is 0 Å². The van der Waals surface area contributed by atoms with Crippen LogP contribution in [0.15, 0.2) is 0 Å². The second-order valence-corrected chi connectivity index (χ2v) is 4.75. The van der Waals surface area contributed by atoms with Crippen LogP contribution in [0, 0.1) is 5.41 Å². The summed E-state index contributed by atoms with van der Waals surface area (Å²) in [6.07, 6.45) is 4.00. The number of nitrogens with zero attached hydrogens (tertiary/aromatic N) is 1. The van der Waals surface area contributed by atoms with Gasteiger partial charge < -0.3 is 4.74 Å². The van der Waals surface area contributed by atoms with Crippen LogP contribution in [0.25, 0.3) is 0 Å². The van der Waals surface area contributed by atoms with E-state index in [1.807, 2.05) is 0 Å². The molecule has 0 bridgehead atoms. The molecule has 2 heteroatoms. The van der Waals surface area contributed by atoms with Gasteiger partial charge in [-0.25, -0.2) is 0 Å². The van der Waals surface area contributed by atoms with Crippen LogP contribution < -0.4 is 0 Å². The molecule has 1 atom stereocenters. The highest BCUT2D eigenvalue weighted by molar-refractivity contribution is 5.01. The summed E-state index contributed by atoms with van der Waals surface area (Å²) in [5.41, 5.74) is 0.598. The van der Waals surface area contributed by atoms with Gasteiger partial charge in [-0.2, -0.15) is 0 Å². The van der Waals surface area contributed by atoms with Crippen molar-refractivity contribution in [1.82, 2.24) is 4.90 Å². The zero-order valence-corrected chi connectivity index (χ0v) is 8.88. The first-order valence-corrected chi connectivity index (χ1v) is 5.61. The van der Waals surface area contributed by atoms with Gasteiger partial charge in [-0.15, -0.1) is 0 Å². The summed E-state index contributed by atoms with van der Waals surface area (Å²) < 4.78 is 5.28. The predicted molar refractivity (Wildman–Crippen MR) is 53.8 cm³/mol. The fourth-order valence-corrected chi connectivity index (χ4v) is 2.62. The maximum Gasteiger partial charge on any atom is 0.0569 e. The number of ether oxygens (including phenoxy) is 1. The van der Waals surface area contributed by atoms with Crippen LogP contribution in [0.4, 0.5) is 0 Å². The van der Waals surface area contributed by atoms with Gasteiger partial charge in [0, 0.05) is 24.5 Å². The minimum Gasteiger partial charge on any atom is -0.380 e. The highest BCUT2D eigenvalue weighted by atomic mass is 16.5. The average molecular weight is 183 g/mol. The summed E-state index contributed by atoms with van der Waals surface area (Å²) in [7, 11) is 0. The Morgan fingerprint density at radius 3 is 2.38 bits per heavy atom. The molecule has 2 heterocycles. The number of hydrogen-bond acceptors (Lipinski definition) is 2. The van der Waals surface area contributed by atoms with Crippen molar-refractivity contribution in [2.75, 3.05) is 26.3 Å². The minimum absolute atomic E-state index is 0.598. The van der Waals surface area contributed by atoms with E-state index in [1.165, 1.54) is 32.4 Å². The van der Waals surface area contributed by atoms with E-state index in [2.05, 4.69) is 18.7 Å². The van der Waals surface area contributed by atoms with Crippen LogP contribution >= 0.6 is 0 Å². The summed E-state index contributed by atoms with van der Waals surface area (Å²) in [5, 5.41) is 0. The van der Waals surface area contributed by atoms with Crippen LogP contribution in [0.1, 0.15) is 33.1 Å². The van der Waals surface area contributed by atoms with Gasteiger partial charge in [0.1, 0.15) is 0 Å². The van der Waals surface area contributed by atoms with Crippen LogP contribution in [0.2, 0.25) is 0 Å². The quantitative estimate of drug-likeness (QED) is 0.660. The monoisotopic (exact) mass is 183 g/mol. The molecule has 0 amide bonds. The normalized spacial score (nSPS) is 28.2. The molecule has 2 nitrogen and oxygen atoms in total. The first-order chi connectivity index (χ1) is 6.29. The van der Waals surface area contributed by atoms with Gasteiger partial charge in [0.05, 0.1) is 13.2 Å². The van der Waals surface area contributed by atoms with Crippen molar-refractivity contribution in [3.63, 3.8) is 0 Å². The molecule has 2 aliphatic rings. The van der Waals surface area contributed by atoms with Crippen molar-refractivity contribution in [2.24, 2.45) is 5.41 Å². The maximum absolute atomic E-state index is 5.28. The molecule has 2 aliphatic heterocycles. The van der Waals surface area contributed by atoms with E-state index in [9.17, 15) is 0 Å². The third-order valence-electron chi connectivity index (χ3n) is 3.50. The third-order valence-corrected chi connectivity index (χ3v) is 3.50.